The number of carbonyl (C=O) groups excluding carboxylic acids is 2. The molecular weight excluding hydrogens is 332 g/mol. The van der Waals surface area contributed by atoms with E-state index in [1.165, 1.54) is 10.7 Å². The monoisotopic (exact) mass is 360 g/mol. The smallest absolute Gasteiger partial charge is 0.267 e. The van der Waals surface area contributed by atoms with Gasteiger partial charge >= 0.3 is 0 Å². The highest BCUT2D eigenvalue weighted by Crippen LogP contribution is 2.40. The molecule has 0 unspecified atom stereocenters. The van der Waals surface area contributed by atoms with Gasteiger partial charge in [0.1, 0.15) is 6.54 Å². The lowest BCUT2D eigenvalue weighted by Crippen LogP contribution is -2.50. The van der Waals surface area contributed by atoms with E-state index in [2.05, 4.69) is 12.0 Å². The van der Waals surface area contributed by atoms with Crippen molar-refractivity contribution >= 4 is 11.8 Å². The lowest BCUT2D eigenvalue weighted by molar-refractivity contribution is -0.146. The van der Waals surface area contributed by atoms with Gasteiger partial charge in [-0.3, -0.25) is 14.4 Å². The van der Waals surface area contributed by atoms with E-state index in [1.54, 1.807) is 4.90 Å². The van der Waals surface area contributed by atoms with Crippen molar-refractivity contribution in [2.75, 3.05) is 26.2 Å². The predicted molar refractivity (Wildman–Crippen MR) is 97.7 cm³/mol. The SMILES string of the molecule is CCCN1CCC[C@]2(CCN(C(=O)Cn3nc(C)c(C)cc3=O)C2)C1=O. The topological polar surface area (TPSA) is 75.5 Å². The van der Waals surface area contributed by atoms with Crippen LogP contribution < -0.4 is 5.56 Å². The Balaban J connectivity index is 1.70. The molecule has 0 aliphatic carbocycles. The molecule has 2 saturated heterocycles. The van der Waals surface area contributed by atoms with Crippen LogP contribution in [0.3, 0.4) is 0 Å². The van der Waals surface area contributed by atoms with Crippen LogP contribution in [0.25, 0.3) is 0 Å². The molecule has 1 atom stereocenters. The normalized spacial score (nSPS) is 23.1. The summed E-state index contributed by atoms with van der Waals surface area (Å²) in [4.78, 5) is 41.4. The summed E-state index contributed by atoms with van der Waals surface area (Å²) in [6.07, 6.45) is 3.50. The average molecular weight is 360 g/mol. The Labute approximate surface area is 154 Å². The summed E-state index contributed by atoms with van der Waals surface area (Å²) in [5.74, 6) is 0.0579. The van der Waals surface area contributed by atoms with Gasteiger partial charge in [0.2, 0.25) is 11.8 Å². The molecule has 0 N–H and O–H groups in total. The molecular formula is C19H28N4O3. The number of likely N-dealkylation sites (tertiary alicyclic amines) is 2. The number of hydrogen-bond acceptors (Lipinski definition) is 4. The fourth-order valence-electron chi connectivity index (χ4n) is 4.11. The van der Waals surface area contributed by atoms with Crippen LogP contribution in [0.5, 0.6) is 0 Å². The number of carbonyl (C=O) groups is 2. The first-order chi connectivity index (χ1) is 12.4. The molecule has 142 valence electrons. The number of nitrogens with zero attached hydrogens (tertiary/aromatic N) is 4. The second kappa shape index (κ2) is 7.21. The molecule has 7 nitrogen and oxygen atoms in total. The van der Waals surface area contributed by atoms with Crippen LogP contribution in [0, 0.1) is 19.3 Å². The number of amides is 2. The van der Waals surface area contributed by atoms with Gasteiger partial charge in [0.15, 0.2) is 0 Å². The highest BCUT2D eigenvalue weighted by molar-refractivity contribution is 5.86. The molecule has 26 heavy (non-hydrogen) atoms. The Bertz CT molecular complexity index is 771. The van der Waals surface area contributed by atoms with Gasteiger partial charge in [0.25, 0.3) is 5.56 Å². The molecule has 0 saturated carbocycles. The van der Waals surface area contributed by atoms with Crippen molar-refractivity contribution in [3.8, 4) is 0 Å². The van der Waals surface area contributed by atoms with Crippen molar-refractivity contribution in [3.63, 3.8) is 0 Å². The van der Waals surface area contributed by atoms with E-state index < -0.39 is 5.41 Å². The third-order valence-corrected chi connectivity index (χ3v) is 5.75. The Morgan fingerprint density at radius 3 is 2.73 bits per heavy atom. The number of piperidine rings is 1. The maximum absolute atomic E-state index is 12.9. The molecule has 3 heterocycles. The van der Waals surface area contributed by atoms with Crippen molar-refractivity contribution in [2.24, 2.45) is 5.41 Å². The second-order valence-corrected chi connectivity index (χ2v) is 7.65. The van der Waals surface area contributed by atoms with Crippen molar-refractivity contribution in [1.29, 1.82) is 0 Å². The Morgan fingerprint density at radius 1 is 1.23 bits per heavy atom. The zero-order valence-corrected chi connectivity index (χ0v) is 16.0. The molecule has 1 aromatic rings. The molecule has 0 aromatic carbocycles. The molecule has 1 aromatic heterocycles. The quantitative estimate of drug-likeness (QED) is 0.806. The van der Waals surface area contributed by atoms with Crippen LogP contribution in [0.15, 0.2) is 10.9 Å². The Hall–Kier alpha value is -2.18. The highest BCUT2D eigenvalue weighted by Gasteiger charge is 2.49. The summed E-state index contributed by atoms with van der Waals surface area (Å²) in [6.45, 7) is 8.31. The summed E-state index contributed by atoms with van der Waals surface area (Å²) in [5.41, 5.74) is 0.874. The Morgan fingerprint density at radius 2 is 2.00 bits per heavy atom. The molecule has 2 amide bonds. The minimum atomic E-state index is -0.426. The summed E-state index contributed by atoms with van der Waals surface area (Å²) in [7, 11) is 0. The van der Waals surface area contributed by atoms with Crippen molar-refractivity contribution in [3.05, 3.63) is 27.7 Å². The van der Waals surface area contributed by atoms with Gasteiger partial charge < -0.3 is 9.80 Å². The average Bonchev–Trinajstić information content (AvgIpc) is 3.02. The van der Waals surface area contributed by atoms with E-state index in [0.717, 1.165) is 43.6 Å². The van der Waals surface area contributed by atoms with Gasteiger partial charge in [-0.15, -0.1) is 0 Å². The summed E-state index contributed by atoms with van der Waals surface area (Å²) in [5, 5.41) is 4.22. The van der Waals surface area contributed by atoms with Gasteiger partial charge in [-0.1, -0.05) is 6.92 Å². The fraction of sp³-hybridized carbons (Fsp3) is 0.684. The summed E-state index contributed by atoms with van der Waals surface area (Å²) < 4.78 is 1.22. The summed E-state index contributed by atoms with van der Waals surface area (Å²) in [6, 6.07) is 1.51. The first-order valence-electron chi connectivity index (χ1n) is 9.49. The summed E-state index contributed by atoms with van der Waals surface area (Å²) >= 11 is 0. The first kappa shape index (κ1) is 18.6. The molecule has 2 aliphatic rings. The second-order valence-electron chi connectivity index (χ2n) is 7.65. The largest absolute Gasteiger partial charge is 0.342 e. The van der Waals surface area contributed by atoms with Crippen LogP contribution >= 0.6 is 0 Å². The van der Waals surface area contributed by atoms with Gasteiger partial charge in [-0.2, -0.15) is 5.10 Å². The maximum atomic E-state index is 12.9. The zero-order chi connectivity index (χ0) is 18.9. The van der Waals surface area contributed by atoms with Crippen LogP contribution in [0.2, 0.25) is 0 Å². The Kier molecular flexibility index (Phi) is 5.16. The lowest BCUT2D eigenvalue weighted by atomic mass is 9.78. The third kappa shape index (κ3) is 3.39. The number of aromatic nitrogens is 2. The molecule has 2 aliphatic heterocycles. The van der Waals surface area contributed by atoms with Crippen LogP contribution in [-0.4, -0.2) is 57.6 Å². The highest BCUT2D eigenvalue weighted by atomic mass is 16.2. The minimum absolute atomic E-state index is 0.0666. The van der Waals surface area contributed by atoms with Crippen LogP contribution in [0.4, 0.5) is 0 Å². The van der Waals surface area contributed by atoms with Gasteiger partial charge in [-0.25, -0.2) is 4.68 Å². The van der Waals surface area contributed by atoms with Crippen molar-refractivity contribution in [1.82, 2.24) is 19.6 Å². The maximum Gasteiger partial charge on any atom is 0.267 e. The van der Waals surface area contributed by atoms with E-state index in [-0.39, 0.29) is 23.9 Å². The van der Waals surface area contributed by atoms with E-state index in [9.17, 15) is 14.4 Å². The molecule has 2 fully saturated rings. The van der Waals surface area contributed by atoms with E-state index in [4.69, 9.17) is 0 Å². The fourth-order valence-corrected chi connectivity index (χ4v) is 4.11. The van der Waals surface area contributed by atoms with Gasteiger partial charge in [-0.05, 0) is 45.1 Å². The van der Waals surface area contributed by atoms with E-state index >= 15 is 0 Å². The minimum Gasteiger partial charge on any atom is -0.342 e. The standard InChI is InChI=1S/C19H28N4O3/c1-4-8-21-9-5-6-19(18(21)26)7-10-22(13-19)17(25)12-23-16(24)11-14(2)15(3)20-23/h11H,4-10,12-13H2,1-3H3/t19-/m1/s1. The molecule has 0 bridgehead atoms. The number of rotatable bonds is 4. The number of aryl methyl sites for hydroxylation is 2. The van der Waals surface area contributed by atoms with Gasteiger partial charge in [0.05, 0.1) is 11.1 Å². The molecule has 0 radical (unpaired) electrons. The van der Waals surface area contributed by atoms with Gasteiger partial charge in [0, 0.05) is 32.2 Å². The first-order valence-corrected chi connectivity index (χ1v) is 9.49. The van der Waals surface area contributed by atoms with Crippen molar-refractivity contribution in [2.45, 2.75) is 53.0 Å². The van der Waals surface area contributed by atoms with Crippen LogP contribution in [-0.2, 0) is 16.1 Å². The predicted octanol–water partition coefficient (Wildman–Crippen LogP) is 1.11. The van der Waals surface area contributed by atoms with Crippen LogP contribution in [0.1, 0.15) is 43.9 Å². The van der Waals surface area contributed by atoms with E-state index in [1.807, 2.05) is 18.7 Å². The molecule has 1 spiro atoms. The lowest BCUT2D eigenvalue weighted by Gasteiger charge is -2.39. The van der Waals surface area contributed by atoms with E-state index in [0.29, 0.717) is 19.5 Å². The molecule has 7 heteroatoms. The zero-order valence-electron chi connectivity index (χ0n) is 16.0. The third-order valence-electron chi connectivity index (χ3n) is 5.75. The number of hydrogen-bond donors (Lipinski definition) is 0. The van der Waals surface area contributed by atoms with Crippen molar-refractivity contribution < 1.29 is 9.59 Å². The molecule has 3 rings (SSSR count).